The second-order valence-electron chi connectivity index (χ2n) is 6.83. The number of nitrogens with zero attached hydrogens (tertiary/aromatic N) is 1. The van der Waals surface area contributed by atoms with Crippen molar-refractivity contribution in [3.63, 3.8) is 0 Å². The van der Waals surface area contributed by atoms with Gasteiger partial charge in [0, 0.05) is 18.5 Å². The van der Waals surface area contributed by atoms with E-state index in [0.717, 1.165) is 38.3 Å². The Hall–Kier alpha value is -1.10. The molecule has 20 heavy (non-hydrogen) atoms. The van der Waals surface area contributed by atoms with Gasteiger partial charge in [-0.1, -0.05) is 6.42 Å². The van der Waals surface area contributed by atoms with Crippen LogP contribution in [0, 0.1) is 17.8 Å². The molecule has 4 unspecified atom stereocenters. The second-order valence-corrected chi connectivity index (χ2v) is 6.83. The molecule has 3 aliphatic rings. The molecule has 0 radical (unpaired) electrons. The van der Waals surface area contributed by atoms with Gasteiger partial charge in [0.05, 0.1) is 6.54 Å². The average molecular weight is 279 g/mol. The first kappa shape index (κ1) is 13.9. The normalized spacial score (nSPS) is 37.0. The highest BCUT2D eigenvalue weighted by molar-refractivity contribution is 5.80. The van der Waals surface area contributed by atoms with Crippen molar-refractivity contribution in [1.29, 1.82) is 0 Å². The number of piperidine rings is 1. The standard InChI is InChI=1S/C15H25N3O2/c16-14(19)9-18-5-1-2-12(8-18)17-15(20)13-7-10-3-4-11(13)6-10/h10-13H,1-9H2,(H2,16,19)(H,17,20). The predicted octanol–water partition coefficient (Wildman–Crippen LogP) is 0.488. The second kappa shape index (κ2) is 5.72. The zero-order chi connectivity index (χ0) is 14.1. The lowest BCUT2D eigenvalue weighted by atomic mass is 9.88. The van der Waals surface area contributed by atoms with Crippen LogP contribution in [0.3, 0.4) is 0 Å². The van der Waals surface area contributed by atoms with Crippen molar-refractivity contribution in [2.24, 2.45) is 23.5 Å². The quantitative estimate of drug-likeness (QED) is 0.786. The molecule has 0 aromatic heterocycles. The summed E-state index contributed by atoms with van der Waals surface area (Å²) in [5, 5.41) is 3.22. The number of fused-ring (bicyclic) bond motifs is 2. The molecule has 3 rings (SSSR count). The molecule has 1 heterocycles. The zero-order valence-electron chi connectivity index (χ0n) is 12.0. The number of likely N-dealkylation sites (tertiary alicyclic amines) is 1. The molecule has 2 bridgehead atoms. The van der Waals surface area contributed by atoms with Crippen molar-refractivity contribution in [1.82, 2.24) is 10.2 Å². The summed E-state index contributed by atoms with van der Waals surface area (Å²) in [7, 11) is 0. The maximum Gasteiger partial charge on any atom is 0.231 e. The van der Waals surface area contributed by atoms with E-state index in [9.17, 15) is 9.59 Å². The molecule has 5 nitrogen and oxygen atoms in total. The lowest BCUT2D eigenvalue weighted by Gasteiger charge is -2.33. The number of hydrogen-bond donors (Lipinski definition) is 2. The number of nitrogens with two attached hydrogens (primary N) is 1. The van der Waals surface area contributed by atoms with Gasteiger partial charge in [0.1, 0.15) is 0 Å². The fraction of sp³-hybridized carbons (Fsp3) is 0.867. The summed E-state index contributed by atoms with van der Waals surface area (Å²) in [4.78, 5) is 25.4. The van der Waals surface area contributed by atoms with E-state index >= 15 is 0 Å². The number of amides is 2. The number of primary amides is 1. The molecule has 5 heteroatoms. The van der Waals surface area contributed by atoms with Crippen LogP contribution in [0.5, 0.6) is 0 Å². The van der Waals surface area contributed by atoms with Gasteiger partial charge in [-0.3, -0.25) is 14.5 Å². The van der Waals surface area contributed by atoms with Crippen LogP contribution in [0.25, 0.3) is 0 Å². The molecule has 1 aliphatic heterocycles. The topological polar surface area (TPSA) is 75.4 Å². The SMILES string of the molecule is NC(=O)CN1CCCC(NC(=O)C2CC3CCC2C3)C1. The minimum Gasteiger partial charge on any atom is -0.369 e. The highest BCUT2D eigenvalue weighted by atomic mass is 16.2. The van der Waals surface area contributed by atoms with Crippen molar-refractivity contribution in [3.05, 3.63) is 0 Å². The molecular weight excluding hydrogens is 254 g/mol. The molecule has 3 fully saturated rings. The van der Waals surface area contributed by atoms with E-state index in [4.69, 9.17) is 5.73 Å². The van der Waals surface area contributed by atoms with Crippen molar-refractivity contribution in [2.75, 3.05) is 19.6 Å². The van der Waals surface area contributed by atoms with E-state index in [2.05, 4.69) is 10.2 Å². The minimum atomic E-state index is -0.287. The summed E-state index contributed by atoms with van der Waals surface area (Å²) in [5.41, 5.74) is 5.24. The van der Waals surface area contributed by atoms with Gasteiger partial charge in [0.15, 0.2) is 0 Å². The Morgan fingerprint density at radius 2 is 2.05 bits per heavy atom. The third-order valence-electron chi connectivity index (χ3n) is 5.31. The highest BCUT2D eigenvalue weighted by Gasteiger charge is 2.43. The first-order chi connectivity index (χ1) is 9.61. The number of nitrogens with one attached hydrogen (secondary N) is 1. The Balaban J connectivity index is 1.49. The molecule has 1 saturated heterocycles. The van der Waals surface area contributed by atoms with Crippen LogP contribution in [0.15, 0.2) is 0 Å². The Bertz CT molecular complexity index is 399. The lowest BCUT2D eigenvalue weighted by Crippen LogP contribution is -2.51. The molecule has 0 aromatic rings. The molecule has 2 aliphatic carbocycles. The van der Waals surface area contributed by atoms with Crippen molar-refractivity contribution in [3.8, 4) is 0 Å². The van der Waals surface area contributed by atoms with Gasteiger partial charge in [0.2, 0.25) is 11.8 Å². The van der Waals surface area contributed by atoms with E-state index in [0.29, 0.717) is 12.5 Å². The van der Waals surface area contributed by atoms with Crippen molar-refractivity contribution in [2.45, 2.75) is 44.6 Å². The zero-order valence-corrected chi connectivity index (χ0v) is 12.0. The van der Waals surface area contributed by atoms with Gasteiger partial charge in [-0.05, 0) is 50.5 Å². The summed E-state index contributed by atoms with van der Waals surface area (Å²) in [5.74, 6) is 1.65. The monoisotopic (exact) mass is 279 g/mol. The first-order valence-corrected chi connectivity index (χ1v) is 7.93. The van der Waals surface area contributed by atoms with E-state index in [-0.39, 0.29) is 23.8 Å². The summed E-state index contributed by atoms with van der Waals surface area (Å²) >= 11 is 0. The number of hydrogen-bond acceptors (Lipinski definition) is 3. The average Bonchev–Trinajstić information content (AvgIpc) is 3.00. The van der Waals surface area contributed by atoms with E-state index < -0.39 is 0 Å². The van der Waals surface area contributed by atoms with Gasteiger partial charge < -0.3 is 11.1 Å². The summed E-state index contributed by atoms with van der Waals surface area (Å²) in [6.07, 6.45) is 6.95. The predicted molar refractivity (Wildman–Crippen MR) is 75.7 cm³/mol. The van der Waals surface area contributed by atoms with E-state index in [1.165, 1.54) is 19.3 Å². The minimum absolute atomic E-state index is 0.190. The Morgan fingerprint density at radius 3 is 2.70 bits per heavy atom. The van der Waals surface area contributed by atoms with Crippen LogP contribution in [-0.4, -0.2) is 42.4 Å². The lowest BCUT2D eigenvalue weighted by molar-refractivity contribution is -0.127. The number of carbonyl (C=O) groups is 2. The molecule has 3 N–H and O–H groups in total. The fourth-order valence-corrected chi connectivity index (χ4v) is 4.41. The summed E-state index contributed by atoms with van der Waals surface area (Å²) in [6, 6.07) is 0.190. The maximum absolute atomic E-state index is 12.4. The van der Waals surface area contributed by atoms with Crippen molar-refractivity contribution < 1.29 is 9.59 Å². The number of carbonyl (C=O) groups excluding carboxylic acids is 2. The van der Waals surface area contributed by atoms with E-state index in [1.807, 2.05) is 0 Å². The van der Waals surface area contributed by atoms with Gasteiger partial charge in [-0.2, -0.15) is 0 Å². The first-order valence-electron chi connectivity index (χ1n) is 7.93. The van der Waals surface area contributed by atoms with Crippen LogP contribution in [-0.2, 0) is 9.59 Å². The Morgan fingerprint density at radius 1 is 1.20 bits per heavy atom. The van der Waals surface area contributed by atoms with Crippen LogP contribution in [0.4, 0.5) is 0 Å². The summed E-state index contributed by atoms with van der Waals surface area (Å²) in [6.45, 7) is 1.97. The van der Waals surface area contributed by atoms with Crippen LogP contribution >= 0.6 is 0 Å². The van der Waals surface area contributed by atoms with Crippen LogP contribution in [0.2, 0.25) is 0 Å². The molecule has 2 amide bonds. The maximum atomic E-state index is 12.4. The fourth-order valence-electron chi connectivity index (χ4n) is 4.41. The summed E-state index contributed by atoms with van der Waals surface area (Å²) < 4.78 is 0. The molecule has 0 aromatic carbocycles. The third kappa shape index (κ3) is 2.97. The van der Waals surface area contributed by atoms with Gasteiger partial charge in [0.25, 0.3) is 0 Å². The highest BCUT2D eigenvalue weighted by Crippen LogP contribution is 2.48. The van der Waals surface area contributed by atoms with Crippen LogP contribution < -0.4 is 11.1 Å². The molecule has 4 atom stereocenters. The largest absolute Gasteiger partial charge is 0.369 e. The van der Waals surface area contributed by atoms with Gasteiger partial charge >= 0.3 is 0 Å². The van der Waals surface area contributed by atoms with Crippen LogP contribution in [0.1, 0.15) is 38.5 Å². The smallest absolute Gasteiger partial charge is 0.231 e. The molecule has 0 spiro atoms. The molecular formula is C15H25N3O2. The van der Waals surface area contributed by atoms with Crippen molar-refractivity contribution >= 4 is 11.8 Å². The van der Waals surface area contributed by atoms with Gasteiger partial charge in [-0.25, -0.2) is 0 Å². The van der Waals surface area contributed by atoms with E-state index in [1.54, 1.807) is 0 Å². The molecule has 112 valence electrons. The third-order valence-corrected chi connectivity index (χ3v) is 5.31. The number of rotatable bonds is 4. The molecule has 2 saturated carbocycles. The van der Waals surface area contributed by atoms with Gasteiger partial charge in [-0.15, -0.1) is 0 Å². The Labute approximate surface area is 120 Å². The Kier molecular flexibility index (Phi) is 3.96.